The van der Waals surface area contributed by atoms with Crippen LogP contribution < -0.4 is 5.32 Å². The molecule has 0 aliphatic carbocycles. The maximum absolute atomic E-state index is 12.3. The summed E-state index contributed by atoms with van der Waals surface area (Å²) < 4.78 is 5.05. The number of hydrogen-bond donors (Lipinski definition) is 1. The third-order valence-corrected chi connectivity index (χ3v) is 5.37. The molecule has 2 amide bonds. The van der Waals surface area contributed by atoms with Crippen LogP contribution in [0.3, 0.4) is 0 Å². The highest BCUT2D eigenvalue weighted by molar-refractivity contribution is 8.01. The molecule has 3 heterocycles. The van der Waals surface area contributed by atoms with E-state index < -0.39 is 0 Å². The summed E-state index contributed by atoms with van der Waals surface area (Å²) in [6.07, 6.45) is 1.36. The molecule has 1 N–H and O–H groups in total. The molecule has 0 radical (unpaired) electrons. The van der Waals surface area contributed by atoms with Gasteiger partial charge in [0, 0.05) is 18.2 Å². The molecular weight excluding hydrogens is 278 g/mol. The Labute approximate surface area is 121 Å². The van der Waals surface area contributed by atoms with Crippen LogP contribution in [0.25, 0.3) is 0 Å². The standard InChI is InChI=1S/C13H17N3O3S/c1-8-5-9(19-15-8)6-14-12(18)10-7-20-13(2)4-3-11(17)16(10)13/h5,10H,3-4,6-7H2,1-2H3,(H,14,18). The largest absolute Gasteiger partial charge is 0.359 e. The maximum atomic E-state index is 12.3. The number of nitrogens with zero attached hydrogens (tertiary/aromatic N) is 2. The summed E-state index contributed by atoms with van der Waals surface area (Å²) in [5, 5.41) is 6.60. The summed E-state index contributed by atoms with van der Waals surface area (Å²) >= 11 is 1.69. The number of hydrogen-bond acceptors (Lipinski definition) is 5. The van der Waals surface area contributed by atoms with Crippen LogP contribution in [-0.2, 0) is 16.1 Å². The van der Waals surface area contributed by atoms with Gasteiger partial charge >= 0.3 is 0 Å². The number of aryl methyl sites for hydroxylation is 1. The van der Waals surface area contributed by atoms with Gasteiger partial charge < -0.3 is 14.7 Å². The minimum absolute atomic E-state index is 0.0770. The molecule has 2 unspecified atom stereocenters. The molecule has 0 saturated carbocycles. The molecule has 2 aliphatic rings. The lowest BCUT2D eigenvalue weighted by Crippen LogP contribution is -2.49. The Bertz CT molecular complexity index is 559. The van der Waals surface area contributed by atoms with Gasteiger partial charge in [0.1, 0.15) is 6.04 Å². The van der Waals surface area contributed by atoms with Gasteiger partial charge in [0.2, 0.25) is 11.8 Å². The van der Waals surface area contributed by atoms with Gasteiger partial charge in [-0.15, -0.1) is 11.8 Å². The number of carbonyl (C=O) groups excluding carboxylic acids is 2. The van der Waals surface area contributed by atoms with Crippen LogP contribution in [-0.4, -0.2) is 38.5 Å². The molecule has 1 aromatic rings. The summed E-state index contributed by atoms with van der Waals surface area (Å²) in [5.74, 6) is 1.24. The molecule has 2 saturated heterocycles. The van der Waals surface area contributed by atoms with E-state index in [1.54, 1.807) is 22.7 Å². The average molecular weight is 295 g/mol. The topological polar surface area (TPSA) is 75.4 Å². The van der Waals surface area contributed by atoms with E-state index in [-0.39, 0.29) is 22.7 Å². The van der Waals surface area contributed by atoms with Crippen LogP contribution in [0.5, 0.6) is 0 Å². The van der Waals surface area contributed by atoms with Gasteiger partial charge in [-0.2, -0.15) is 0 Å². The summed E-state index contributed by atoms with van der Waals surface area (Å²) in [6.45, 7) is 4.17. The molecule has 2 aliphatic heterocycles. The molecule has 108 valence electrons. The van der Waals surface area contributed by atoms with Gasteiger partial charge in [-0.1, -0.05) is 5.16 Å². The van der Waals surface area contributed by atoms with Crippen LogP contribution in [0.15, 0.2) is 10.6 Å². The Balaban J connectivity index is 1.64. The van der Waals surface area contributed by atoms with E-state index in [0.29, 0.717) is 24.5 Å². The van der Waals surface area contributed by atoms with Crippen molar-refractivity contribution in [3.05, 3.63) is 17.5 Å². The second-order valence-electron chi connectivity index (χ2n) is 5.42. The Morgan fingerprint density at radius 2 is 2.50 bits per heavy atom. The van der Waals surface area contributed by atoms with Crippen LogP contribution >= 0.6 is 11.8 Å². The van der Waals surface area contributed by atoms with Crippen LogP contribution in [0.2, 0.25) is 0 Å². The van der Waals surface area contributed by atoms with E-state index in [1.165, 1.54) is 0 Å². The predicted octanol–water partition coefficient (Wildman–Crippen LogP) is 1.05. The molecule has 0 bridgehead atoms. The molecular formula is C13H17N3O3S. The normalized spacial score (nSPS) is 28.8. The maximum Gasteiger partial charge on any atom is 0.244 e. The van der Waals surface area contributed by atoms with Gasteiger partial charge in [-0.25, -0.2) is 0 Å². The highest BCUT2D eigenvalue weighted by Crippen LogP contribution is 2.47. The second kappa shape index (κ2) is 4.80. The molecule has 20 heavy (non-hydrogen) atoms. The SMILES string of the molecule is Cc1cc(CNC(=O)C2CSC3(C)CCC(=O)N23)on1. The predicted molar refractivity (Wildman–Crippen MR) is 73.8 cm³/mol. The Morgan fingerprint density at radius 1 is 1.70 bits per heavy atom. The van der Waals surface area contributed by atoms with Crippen LogP contribution in [0.1, 0.15) is 31.2 Å². The monoisotopic (exact) mass is 295 g/mol. The van der Waals surface area contributed by atoms with E-state index in [0.717, 1.165) is 12.1 Å². The van der Waals surface area contributed by atoms with E-state index in [1.807, 2.05) is 13.8 Å². The summed E-state index contributed by atoms with van der Waals surface area (Å²) in [5.41, 5.74) is 0.785. The lowest BCUT2D eigenvalue weighted by atomic mass is 10.2. The highest BCUT2D eigenvalue weighted by Gasteiger charge is 2.52. The summed E-state index contributed by atoms with van der Waals surface area (Å²) in [4.78, 5) is 25.8. The molecule has 6 nitrogen and oxygen atoms in total. The first-order valence-electron chi connectivity index (χ1n) is 6.66. The number of fused-ring (bicyclic) bond motifs is 1. The van der Waals surface area contributed by atoms with Crippen LogP contribution in [0, 0.1) is 6.92 Å². The third-order valence-electron chi connectivity index (χ3n) is 3.86. The smallest absolute Gasteiger partial charge is 0.244 e. The van der Waals surface area contributed by atoms with E-state index in [2.05, 4.69) is 10.5 Å². The minimum Gasteiger partial charge on any atom is -0.359 e. The van der Waals surface area contributed by atoms with Crippen molar-refractivity contribution in [3.63, 3.8) is 0 Å². The van der Waals surface area contributed by atoms with Crippen molar-refractivity contribution in [3.8, 4) is 0 Å². The number of rotatable bonds is 3. The fourth-order valence-corrected chi connectivity index (χ4v) is 4.24. The number of carbonyl (C=O) groups is 2. The number of amides is 2. The molecule has 3 rings (SSSR count). The first kappa shape index (κ1) is 13.5. The molecule has 0 spiro atoms. The lowest BCUT2D eigenvalue weighted by Gasteiger charge is -2.29. The number of aromatic nitrogens is 1. The Kier molecular flexibility index (Phi) is 3.24. The fraction of sp³-hybridized carbons (Fsp3) is 0.615. The van der Waals surface area contributed by atoms with Crippen molar-refractivity contribution in [1.82, 2.24) is 15.4 Å². The average Bonchev–Trinajstić information content (AvgIpc) is 3.04. The Morgan fingerprint density at radius 3 is 3.20 bits per heavy atom. The van der Waals surface area contributed by atoms with Crippen molar-refractivity contribution in [2.24, 2.45) is 0 Å². The van der Waals surface area contributed by atoms with E-state index in [9.17, 15) is 9.59 Å². The lowest BCUT2D eigenvalue weighted by molar-refractivity contribution is -0.138. The van der Waals surface area contributed by atoms with Gasteiger partial charge in [0.25, 0.3) is 0 Å². The number of thioether (sulfide) groups is 1. The van der Waals surface area contributed by atoms with E-state index >= 15 is 0 Å². The third kappa shape index (κ3) is 2.19. The summed E-state index contributed by atoms with van der Waals surface area (Å²) in [6, 6.07) is 1.42. The zero-order valence-corrected chi connectivity index (χ0v) is 12.3. The number of nitrogens with one attached hydrogen (secondary N) is 1. The van der Waals surface area contributed by atoms with Gasteiger partial charge in [-0.05, 0) is 20.3 Å². The van der Waals surface area contributed by atoms with Crippen LogP contribution in [0.4, 0.5) is 0 Å². The molecule has 0 aromatic carbocycles. The van der Waals surface area contributed by atoms with E-state index in [4.69, 9.17) is 4.52 Å². The van der Waals surface area contributed by atoms with Gasteiger partial charge in [-0.3, -0.25) is 9.59 Å². The fourth-order valence-electron chi connectivity index (χ4n) is 2.81. The van der Waals surface area contributed by atoms with Crippen molar-refractivity contribution in [1.29, 1.82) is 0 Å². The van der Waals surface area contributed by atoms with Crippen molar-refractivity contribution < 1.29 is 14.1 Å². The Hall–Kier alpha value is -1.50. The van der Waals surface area contributed by atoms with Crippen molar-refractivity contribution >= 4 is 23.6 Å². The van der Waals surface area contributed by atoms with Gasteiger partial charge in [0.05, 0.1) is 17.1 Å². The zero-order chi connectivity index (χ0) is 14.3. The first-order chi connectivity index (χ1) is 9.49. The quantitative estimate of drug-likeness (QED) is 0.902. The first-order valence-corrected chi connectivity index (χ1v) is 7.64. The van der Waals surface area contributed by atoms with Crippen molar-refractivity contribution in [2.45, 2.75) is 44.1 Å². The summed E-state index contributed by atoms with van der Waals surface area (Å²) in [7, 11) is 0. The molecule has 2 fully saturated rings. The molecule has 7 heteroatoms. The molecule has 1 aromatic heterocycles. The van der Waals surface area contributed by atoms with Gasteiger partial charge in [0.15, 0.2) is 5.76 Å². The van der Waals surface area contributed by atoms with Crippen molar-refractivity contribution in [2.75, 3.05) is 5.75 Å². The second-order valence-corrected chi connectivity index (χ2v) is 6.92. The molecule has 2 atom stereocenters. The minimum atomic E-state index is -0.371. The zero-order valence-electron chi connectivity index (χ0n) is 11.5. The highest BCUT2D eigenvalue weighted by atomic mass is 32.2.